The number of carbonyl (C=O) groups is 1. The van der Waals surface area contributed by atoms with Crippen LogP contribution in [0.15, 0.2) is 0 Å². The Kier molecular flexibility index (Phi) is 5.62. The summed E-state index contributed by atoms with van der Waals surface area (Å²) < 4.78 is 5.38. The Morgan fingerprint density at radius 3 is 2.63 bits per heavy atom. The van der Waals surface area contributed by atoms with E-state index in [0.29, 0.717) is 19.5 Å². The normalized spacial score (nSPS) is 25.0. The molecule has 1 amide bonds. The molecule has 0 spiro atoms. The number of carbonyl (C=O) groups excluding carboxylic acids is 1. The number of aliphatic hydroxyl groups is 1. The maximum absolute atomic E-state index is 12.0. The third kappa shape index (κ3) is 5.78. The molecule has 1 atom stereocenters. The average Bonchev–Trinajstić information content (AvgIpc) is 2.47. The number of rotatable bonds is 3. The maximum atomic E-state index is 12.0. The molecule has 1 heterocycles. The van der Waals surface area contributed by atoms with Crippen LogP contribution < -0.4 is 5.32 Å². The Morgan fingerprint density at radius 1 is 1.37 bits per heavy atom. The second-order valence-electron chi connectivity index (χ2n) is 6.40. The summed E-state index contributed by atoms with van der Waals surface area (Å²) in [6.45, 7) is 7.62. The van der Waals surface area contributed by atoms with Crippen molar-refractivity contribution in [2.45, 2.75) is 57.7 Å². The summed E-state index contributed by atoms with van der Waals surface area (Å²) in [5.74, 6) is 0. The zero-order chi connectivity index (χ0) is 14.5. The van der Waals surface area contributed by atoms with E-state index in [1.54, 1.807) is 4.90 Å². The molecule has 0 aromatic rings. The predicted molar refractivity (Wildman–Crippen MR) is 75.2 cm³/mol. The average molecular weight is 272 g/mol. The molecule has 5 heteroatoms. The molecule has 5 nitrogen and oxygen atoms in total. The molecule has 0 aliphatic carbocycles. The third-order valence-electron chi connectivity index (χ3n) is 3.41. The number of hydrogen-bond donors (Lipinski definition) is 2. The van der Waals surface area contributed by atoms with Crippen LogP contribution in [0, 0.1) is 0 Å². The first-order chi connectivity index (χ1) is 8.76. The lowest BCUT2D eigenvalue weighted by molar-refractivity contribution is 0.0111. The zero-order valence-corrected chi connectivity index (χ0v) is 12.7. The first-order valence-corrected chi connectivity index (χ1v) is 7.11. The third-order valence-corrected chi connectivity index (χ3v) is 3.41. The Bertz CT molecular complexity index is 302. The molecule has 0 aromatic heterocycles. The number of hydrogen-bond acceptors (Lipinski definition) is 4. The molecule has 1 unspecified atom stereocenters. The highest BCUT2D eigenvalue weighted by Gasteiger charge is 2.32. The van der Waals surface area contributed by atoms with Gasteiger partial charge in [0.05, 0.1) is 5.60 Å². The van der Waals surface area contributed by atoms with E-state index in [1.165, 1.54) is 0 Å². The second-order valence-corrected chi connectivity index (χ2v) is 6.40. The Hall–Kier alpha value is -0.810. The smallest absolute Gasteiger partial charge is 0.410 e. The van der Waals surface area contributed by atoms with E-state index in [1.807, 2.05) is 27.8 Å². The molecule has 0 bridgehead atoms. The zero-order valence-electron chi connectivity index (χ0n) is 12.7. The minimum Gasteiger partial charge on any atom is -0.444 e. The van der Waals surface area contributed by atoms with E-state index in [9.17, 15) is 9.90 Å². The molecular formula is C14H28N2O3. The van der Waals surface area contributed by atoms with Gasteiger partial charge in [-0.1, -0.05) is 0 Å². The van der Waals surface area contributed by atoms with E-state index in [4.69, 9.17) is 4.74 Å². The first-order valence-electron chi connectivity index (χ1n) is 7.11. The maximum Gasteiger partial charge on any atom is 0.410 e. The van der Waals surface area contributed by atoms with Crippen LogP contribution in [0.4, 0.5) is 4.79 Å². The standard InChI is InChI=1S/C14H28N2O3/c1-13(2,3)19-12(17)16-10-5-6-14(18,8-11-16)7-9-15-4/h15,18H,5-11H2,1-4H3. The van der Waals surface area contributed by atoms with Crippen molar-refractivity contribution in [1.29, 1.82) is 0 Å². The van der Waals surface area contributed by atoms with Crippen molar-refractivity contribution in [1.82, 2.24) is 10.2 Å². The van der Waals surface area contributed by atoms with Gasteiger partial charge in [0.1, 0.15) is 5.60 Å². The van der Waals surface area contributed by atoms with E-state index in [-0.39, 0.29) is 6.09 Å². The van der Waals surface area contributed by atoms with Gasteiger partial charge in [0.25, 0.3) is 0 Å². The van der Waals surface area contributed by atoms with Crippen LogP contribution in [0.25, 0.3) is 0 Å². The van der Waals surface area contributed by atoms with Gasteiger partial charge in [-0.15, -0.1) is 0 Å². The van der Waals surface area contributed by atoms with Crippen LogP contribution in [-0.4, -0.2) is 54.0 Å². The highest BCUT2D eigenvalue weighted by atomic mass is 16.6. The molecule has 0 radical (unpaired) electrons. The molecule has 0 saturated carbocycles. The van der Waals surface area contributed by atoms with E-state index < -0.39 is 11.2 Å². The van der Waals surface area contributed by atoms with Gasteiger partial charge in [-0.2, -0.15) is 0 Å². The monoisotopic (exact) mass is 272 g/mol. The summed E-state index contributed by atoms with van der Waals surface area (Å²) in [5.41, 5.74) is -1.12. The fourth-order valence-electron chi connectivity index (χ4n) is 2.30. The van der Waals surface area contributed by atoms with Gasteiger partial charge < -0.3 is 20.1 Å². The molecule has 2 N–H and O–H groups in total. The van der Waals surface area contributed by atoms with E-state index in [2.05, 4.69) is 5.32 Å². The van der Waals surface area contributed by atoms with Crippen LogP contribution in [0.2, 0.25) is 0 Å². The lowest BCUT2D eigenvalue weighted by Crippen LogP contribution is -2.39. The number of nitrogens with one attached hydrogen (secondary N) is 1. The molecule has 19 heavy (non-hydrogen) atoms. The minimum absolute atomic E-state index is 0.273. The van der Waals surface area contributed by atoms with Gasteiger partial charge in [0, 0.05) is 13.1 Å². The number of likely N-dealkylation sites (tertiary alicyclic amines) is 1. The summed E-state index contributed by atoms with van der Waals surface area (Å²) in [6.07, 6.45) is 2.64. The first kappa shape index (κ1) is 16.2. The minimum atomic E-state index is -0.653. The van der Waals surface area contributed by atoms with Crippen molar-refractivity contribution in [3.05, 3.63) is 0 Å². The summed E-state index contributed by atoms with van der Waals surface area (Å²) >= 11 is 0. The van der Waals surface area contributed by atoms with Crippen LogP contribution in [-0.2, 0) is 4.74 Å². The molecule has 1 saturated heterocycles. The predicted octanol–water partition coefficient (Wildman–Crippen LogP) is 1.75. The highest BCUT2D eigenvalue weighted by Crippen LogP contribution is 2.26. The number of ether oxygens (including phenoxy) is 1. The molecular weight excluding hydrogens is 244 g/mol. The van der Waals surface area contributed by atoms with Crippen molar-refractivity contribution < 1.29 is 14.6 Å². The molecule has 1 aliphatic rings. The van der Waals surface area contributed by atoms with E-state index >= 15 is 0 Å². The van der Waals surface area contributed by atoms with Gasteiger partial charge in [-0.25, -0.2) is 4.79 Å². The van der Waals surface area contributed by atoms with Gasteiger partial charge in [-0.3, -0.25) is 0 Å². The molecule has 112 valence electrons. The van der Waals surface area contributed by atoms with Crippen molar-refractivity contribution in [3.8, 4) is 0 Å². The molecule has 1 fully saturated rings. The van der Waals surface area contributed by atoms with Gasteiger partial charge >= 0.3 is 6.09 Å². The molecule has 1 aliphatic heterocycles. The SMILES string of the molecule is CNCCC1(O)CCCN(C(=O)OC(C)(C)C)CC1. The summed E-state index contributed by atoms with van der Waals surface area (Å²) in [6, 6.07) is 0. The van der Waals surface area contributed by atoms with E-state index in [0.717, 1.165) is 25.8 Å². The fourth-order valence-corrected chi connectivity index (χ4v) is 2.30. The summed E-state index contributed by atoms with van der Waals surface area (Å²) in [4.78, 5) is 13.7. The van der Waals surface area contributed by atoms with Gasteiger partial charge in [-0.05, 0) is 60.0 Å². The van der Waals surface area contributed by atoms with Crippen LogP contribution in [0.3, 0.4) is 0 Å². The highest BCUT2D eigenvalue weighted by molar-refractivity contribution is 5.68. The van der Waals surface area contributed by atoms with Crippen molar-refractivity contribution in [2.24, 2.45) is 0 Å². The van der Waals surface area contributed by atoms with Gasteiger partial charge in [0.15, 0.2) is 0 Å². The van der Waals surface area contributed by atoms with Gasteiger partial charge in [0.2, 0.25) is 0 Å². The molecule has 1 rings (SSSR count). The quantitative estimate of drug-likeness (QED) is 0.821. The molecule has 0 aromatic carbocycles. The Labute approximate surface area is 116 Å². The number of nitrogens with zero attached hydrogens (tertiary/aromatic N) is 1. The number of amides is 1. The van der Waals surface area contributed by atoms with Crippen LogP contribution in [0.1, 0.15) is 46.5 Å². The van der Waals surface area contributed by atoms with Crippen LogP contribution in [0.5, 0.6) is 0 Å². The van der Waals surface area contributed by atoms with Crippen molar-refractivity contribution >= 4 is 6.09 Å². The lowest BCUT2D eigenvalue weighted by atomic mass is 9.91. The second kappa shape index (κ2) is 6.57. The summed E-state index contributed by atoms with van der Waals surface area (Å²) in [5, 5.41) is 13.6. The van der Waals surface area contributed by atoms with Crippen molar-refractivity contribution in [3.63, 3.8) is 0 Å². The largest absolute Gasteiger partial charge is 0.444 e. The Morgan fingerprint density at radius 2 is 2.05 bits per heavy atom. The summed E-state index contributed by atoms with van der Waals surface area (Å²) in [7, 11) is 1.88. The topological polar surface area (TPSA) is 61.8 Å². The lowest BCUT2D eigenvalue weighted by Gasteiger charge is -2.28. The fraction of sp³-hybridized carbons (Fsp3) is 0.929. The van der Waals surface area contributed by atoms with Crippen LogP contribution >= 0.6 is 0 Å². The van der Waals surface area contributed by atoms with Crippen molar-refractivity contribution in [2.75, 3.05) is 26.7 Å². The Balaban J connectivity index is 2.51.